The van der Waals surface area contributed by atoms with E-state index < -0.39 is 0 Å². The summed E-state index contributed by atoms with van der Waals surface area (Å²) in [5.41, 5.74) is 5.64. The molecule has 0 aromatic rings. The van der Waals surface area contributed by atoms with Crippen LogP contribution in [0.2, 0.25) is 0 Å². The molecule has 110 valence electrons. The second kappa shape index (κ2) is 13.4. The van der Waals surface area contributed by atoms with Crippen LogP contribution in [0.4, 0.5) is 0 Å². The molecule has 0 saturated carbocycles. The summed E-state index contributed by atoms with van der Waals surface area (Å²) in [6, 6.07) is 0.754. The molecule has 0 rings (SSSR count). The fraction of sp³-hybridized carbons (Fsp3) is 1.00. The number of hydrogen-bond acceptors (Lipinski definition) is 2. The van der Waals surface area contributed by atoms with Crippen LogP contribution in [0.3, 0.4) is 0 Å². The molecule has 0 fully saturated rings. The monoisotopic (exact) mass is 256 g/mol. The lowest BCUT2D eigenvalue weighted by Crippen LogP contribution is -2.30. The molecule has 0 radical (unpaired) electrons. The van der Waals surface area contributed by atoms with E-state index in [2.05, 4.69) is 26.1 Å². The predicted molar refractivity (Wildman–Crippen MR) is 82.9 cm³/mol. The van der Waals surface area contributed by atoms with E-state index in [0.29, 0.717) is 5.92 Å². The van der Waals surface area contributed by atoms with Crippen molar-refractivity contribution in [2.45, 2.75) is 84.6 Å². The molecule has 2 heteroatoms. The zero-order valence-electron chi connectivity index (χ0n) is 13.0. The molecule has 2 atom stereocenters. The van der Waals surface area contributed by atoms with Crippen molar-refractivity contribution in [1.82, 2.24) is 5.32 Å². The molecular formula is C16H36N2. The Labute approximate surface area is 115 Å². The van der Waals surface area contributed by atoms with Gasteiger partial charge in [-0.3, -0.25) is 0 Å². The summed E-state index contributed by atoms with van der Waals surface area (Å²) in [5.74, 6) is 0.681. The van der Waals surface area contributed by atoms with Gasteiger partial charge in [-0.15, -0.1) is 0 Å². The van der Waals surface area contributed by atoms with Gasteiger partial charge in [-0.05, 0) is 44.7 Å². The average Bonchev–Trinajstić information content (AvgIpc) is 2.39. The van der Waals surface area contributed by atoms with Crippen molar-refractivity contribution >= 4 is 0 Å². The third kappa shape index (κ3) is 11.0. The molecule has 2 unspecified atom stereocenters. The van der Waals surface area contributed by atoms with E-state index in [1.165, 1.54) is 64.3 Å². The van der Waals surface area contributed by atoms with E-state index in [1.54, 1.807) is 0 Å². The van der Waals surface area contributed by atoms with Gasteiger partial charge in [-0.2, -0.15) is 0 Å². The van der Waals surface area contributed by atoms with Gasteiger partial charge in [0.05, 0.1) is 0 Å². The van der Waals surface area contributed by atoms with Crippen molar-refractivity contribution in [2.75, 3.05) is 13.1 Å². The number of unbranched alkanes of at least 4 members (excludes halogenated alkanes) is 3. The van der Waals surface area contributed by atoms with Crippen LogP contribution in [-0.4, -0.2) is 19.1 Å². The van der Waals surface area contributed by atoms with Crippen molar-refractivity contribution in [3.05, 3.63) is 0 Å². The Kier molecular flexibility index (Phi) is 13.3. The minimum atomic E-state index is 0.681. The van der Waals surface area contributed by atoms with Crippen molar-refractivity contribution in [3.8, 4) is 0 Å². The van der Waals surface area contributed by atoms with Gasteiger partial charge in [0, 0.05) is 6.04 Å². The highest BCUT2D eigenvalue weighted by atomic mass is 14.9. The maximum absolute atomic E-state index is 5.64. The van der Waals surface area contributed by atoms with Crippen LogP contribution >= 0.6 is 0 Å². The van der Waals surface area contributed by atoms with Gasteiger partial charge in [0.15, 0.2) is 0 Å². The van der Waals surface area contributed by atoms with E-state index in [9.17, 15) is 0 Å². The highest BCUT2D eigenvalue weighted by Gasteiger charge is 2.07. The number of nitrogens with one attached hydrogen (secondary N) is 1. The largest absolute Gasteiger partial charge is 0.330 e. The maximum atomic E-state index is 5.64. The Morgan fingerprint density at radius 2 is 1.56 bits per heavy atom. The quantitative estimate of drug-likeness (QED) is 0.487. The van der Waals surface area contributed by atoms with E-state index in [1.807, 2.05) is 0 Å². The normalized spacial score (nSPS) is 14.7. The number of rotatable bonds is 13. The first-order valence-corrected chi connectivity index (χ1v) is 8.18. The third-order valence-electron chi connectivity index (χ3n) is 3.77. The van der Waals surface area contributed by atoms with Gasteiger partial charge in [0.1, 0.15) is 0 Å². The lowest BCUT2D eigenvalue weighted by Gasteiger charge is -2.19. The van der Waals surface area contributed by atoms with Crippen LogP contribution in [0.1, 0.15) is 78.6 Å². The molecule has 2 nitrogen and oxygen atoms in total. The topological polar surface area (TPSA) is 38.0 Å². The van der Waals surface area contributed by atoms with Crippen LogP contribution in [-0.2, 0) is 0 Å². The van der Waals surface area contributed by atoms with Gasteiger partial charge < -0.3 is 11.1 Å². The van der Waals surface area contributed by atoms with Crippen LogP contribution in [0.15, 0.2) is 0 Å². The fourth-order valence-electron chi connectivity index (χ4n) is 2.31. The standard InChI is InChI=1S/C16H36N2/c1-4-6-8-12-16(11-7-5-2)18-13-9-10-15(3)14-17/h15-16,18H,4-14,17H2,1-3H3. The van der Waals surface area contributed by atoms with Gasteiger partial charge in [-0.25, -0.2) is 0 Å². The highest BCUT2D eigenvalue weighted by Crippen LogP contribution is 2.10. The smallest absolute Gasteiger partial charge is 0.00670 e. The first-order valence-electron chi connectivity index (χ1n) is 8.18. The van der Waals surface area contributed by atoms with Crippen LogP contribution in [0.5, 0.6) is 0 Å². The van der Waals surface area contributed by atoms with E-state index in [4.69, 9.17) is 5.73 Å². The van der Waals surface area contributed by atoms with E-state index in [-0.39, 0.29) is 0 Å². The van der Waals surface area contributed by atoms with Crippen LogP contribution < -0.4 is 11.1 Å². The lowest BCUT2D eigenvalue weighted by atomic mass is 10.0. The summed E-state index contributed by atoms with van der Waals surface area (Å²) in [4.78, 5) is 0. The van der Waals surface area contributed by atoms with Gasteiger partial charge in [0.25, 0.3) is 0 Å². The predicted octanol–water partition coefficient (Wildman–Crippen LogP) is 4.09. The SMILES string of the molecule is CCCCCC(CCCC)NCCCC(C)CN. The third-order valence-corrected chi connectivity index (χ3v) is 3.77. The molecule has 0 spiro atoms. The Hall–Kier alpha value is -0.0800. The summed E-state index contributed by atoms with van der Waals surface area (Å²) in [7, 11) is 0. The average molecular weight is 256 g/mol. The molecule has 0 aromatic carbocycles. The van der Waals surface area contributed by atoms with E-state index >= 15 is 0 Å². The molecule has 0 aliphatic rings. The fourth-order valence-corrected chi connectivity index (χ4v) is 2.31. The molecular weight excluding hydrogens is 220 g/mol. The molecule has 0 saturated heterocycles. The summed E-state index contributed by atoms with van der Waals surface area (Å²) >= 11 is 0. The summed E-state index contributed by atoms with van der Waals surface area (Å²) in [6.07, 6.45) is 12.0. The molecule has 0 heterocycles. The molecule has 0 aliphatic heterocycles. The van der Waals surface area contributed by atoms with Crippen LogP contribution in [0.25, 0.3) is 0 Å². The minimum Gasteiger partial charge on any atom is -0.330 e. The Bertz CT molecular complexity index is 159. The second-order valence-corrected chi connectivity index (χ2v) is 5.77. The van der Waals surface area contributed by atoms with Crippen molar-refractivity contribution in [1.29, 1.82) is 0 Å². The van der Waals surface area contributed by atoms with Crippen molar-refractivity contribution in [2.24, 2.45) is 11.7 Å². The lowest BCUT2D eigenvalue weighted by molar-refractivity contribution is 0.406. The molecule has 0 aliphatic carbocycles. The van der Waals surface area contributed by atoms with Crippen molar-refractivity contribution < 1.29 is 0 Å². The van der Waals surface area contributed by atoms with Crippen LogP contribution in [0, 0.1) is 5.92 Å². The highest BCUT2D eigenvalue weighted by molar-refractivity contribution is 4.67. The summed E-state index contributed by atoms with van der Waals surface area (Å²) in [5, 5.41) is 3.75. The molecule has 0 aromatic heterocycles. The Morgan fingerprint density at radius 3 is 2.17 bits per heavy atom. The minimum absolute atomic E-state index is 0.681. The Balaban J connectivity index is 3.64. The first-order chi connectivity index (χ1) is 8.74. The van der Waals surface area contributed by atoms with Gasteiger partial charge in [0.2, 0.25) is 0 Å². The second-order valence-electron chi connectivity index (χ2n) is 5.77. The zero-order chi connectivity index (χ0) is 13.6. The zero-order valence-corrected chi connectivity index (χ0v) is 13.0. The van der Waals surface area contributed by atoms with E-state index in [0.717, 1.165) is 12.6 Å². The summed E-state index contributed by atoms with van der Waals surface area (Å²) in [6.45, 7) is 8.81. The Morgan fingerprint density at radius 1 is 0.889 bits per heavy atom. The maximum Gasteiger partial charge on any atom is 0.00670 e. The number of nitrogens with two attached hydrogens (primary N) is 1. The van der Waals surface area contributed by atoms with Gasteiger partial charge >= 0.3 is 0 Å². The summed E-state index contributed by atoms with van der Waals surface area (Å²) < 4.78 is 0. The molecule has 0 bridgehead atoms. The molecule has 3 N–H and O–H groups in total. The number of hydrogen-bond donors (Lipinski definition) is 2. The van der Waals surface area contributed by atoms with Crippen molar-refractivity contribution in [3.63, 3.8) is 0 Å². The van der Waals surface area contributed by atoms with Gasteiger partial charge in [-0.1, -0.05) is 52.9 Å². The molecule has 0 amide bonds. The first kappa shape index (κ1) is 17.9. The molecule has 18 heavy (non-hydrogen) atoms.